The third kappa shape index (κ3) is 7.61. The number of aryl methyl sites for hydroxylation is 1. The van der Waals surface area contributed by atoms with E-state index in [0.717, 1.165) is 32.4 Å². The maximum Gasteiger partial charge on any atom is 0.0690 e. The highest BCUT2D eigenvalue weighted by molar-refractivity contribution is 7.98. The molecule has 4 aliphatic heterocycles. The molecule has 0 amide bonds. The lowest BCUT2D eigenvalue weighted by Gasteiger charge is -2.50. The van der Waals surface area contributed by atoms with Gasteiger partial charge in [-0.1, -0.05) is 38.8 Å². The molecule has 7 nitrogen and oxygen atoms in total. The topological polar surface area (TPSA) is 90.3 Å². The Kier molecular flexibility index (Phi) is 10.2. The lowest BCUT2D eigenvalue weighted by atomic mass is 9.78. The number of aromatic nitrogens is 1. The number of nitrogens with one attached hydrogen (secondary N) is 4. The number of hydrogen-bond acceptors (Lipinski definition) is 8. The summed E-state index contributed by atoms with van der Waals surface area (Å²) in [5.41, 5.74) is 8.70. The average molecular weight is 572 g/mol. The molecule has 40 heavy (non-hydrogen) atoms. The van der Waals surface area contributed by atoms with E-state index in [1.54, 1.807) is 0 Å². The molecule has 4 saturated heterocycles. The Morgan fingerprint density at radius 2 is 1.90 bits per heavy atom. The van der Waals surface area contributed by atoms with Crippen LogP contribution >= 0.6 is 11.9 Å². The van der Waals surface area contributed by atoms with E-state index in [-0.39, 0.29) is 17.0 Å². The third-order valence-electron chi connectivity index (χ3n) is 10.1. The molecule has 0 saturated carbocycles. The molecule has 7 unspecified atom stereocenters. The van der Waals surface area contributed by atoms with Gasteiger partial charge >= 0.3 is 0 Å². The largest absolute Gasteiger partial charge is 0.330 e. The van der Waals surface area contributed by atoms with Crippen LogP contribution < -0.4 is 26.4 Å². The average Bonchev–Trinajstić information content (AvgIpc) is 3.23. The first kappa shape index (κ1) is 30.7. The second-order valence-corrected chi connectivity index (χ2v) is 15.9. The Morgan fingerprint density at radius 1 is 1.05 bits per heavy atom. The summed E-state index contributed by atoms with van der Waals surface area (Å²) in [6.07, 6.45) is 14.7. The molecule has 5 rings (SSSR count). The van der Waals surface area contributed by atoms with Crippen molar-refractivity contribution in [3.05, 3.63) is 29.6 Å². The third-order valence-corrected chi connectivity index (χ3v) is 11.1. The van der Waals surface area contributed by atoms with Crippen molar-refractivity contribution in [1.82, 2.24) is 30.6 Å². The van der Waals surface area contributed by atoms with Crippen LogP contribution in [0.1, 0.15) is 110 Å². The van der Waals surface area contributed by atoms with Crippen LogP contribution in [0.3, 0.4) is 0 Å². The van der Waals surface area contributed by atoms with Crippen LogP contribution in [0.2, 0.25) is 0 Å². The molecule has 8 atom stereocenters. The number of fused-ring (bicyclic) bond motifs is 6. The SMILES string of the molecule is CC(C)(C)C1CCC2CNSC3CCCC(N3)NC(c3ccc(CCCN)cn3)CC[C@@H]3CN(C2N1)C(C)(C)C3. The summed E-state index contributed by atoms with van der Waals surface area (Å²) in [6.45, 7) is 15.2. The van der Waals surface area contributed by atoms with E-state index >= 15 is 0 Å². The highest BCUT2D eigenvalue weighted by Gasteiger charge is 2.47. The standard InChI is InChI=1S/C32H57N7S/c1-31(2,3)27-16-13-24-20-35-40-29-10-6-9-28(38-29)36-26(25-14-11-22(19-34-25)8-7-17-33)15-12-23-18-32(4,5)39(21-23)30(24)37-27/h11,14,19,23-24,26-30,35-38H,6-10,12-13,15-18,20-21,33H2,1-5H3/t23-,24?,26?,27?,28?,29?,30?/m0/s1. The Balaban J connectivity index is 1.37. The molecule has 0 radical (unpaired) electrons. The molecule has 5 heterocycles. The van der Waals surface area contributed by atoms with Gasteiger partial charge in [-0.05, 0) is 108 Å². The van der Waals surface area contributed by atoms with Crippen LogP contribution in [-0.2, 0) is 6.42 Å². The number of hydrogen-bond donors (Lipinski definition) is 5. The van der Waals surface area contributed by atoms with Gasteiger partial charge in [0, 0.05) is 36.8 Å². The highest BCUT2D eigenvalue weighted by atomic mass is 32.2. The molecule has 0 aromatic carbocycles. The van der Waals surface area contributed by atoms with Gasteiger partial charge in [0.2, 0.25) is 0 Å². The summed E-state index contributed by atoms with van der Waals surface area (Å²) < 4.78 is 3.85. The number of rotatable bonds is 4. The van der Waals surface area contributed by atoms with Crippen molar-refractivity contribution in [2.24, 2.45) is 23.0 Å². The minimum absolute atomic E-state index is 0.203. The van der Waals surface area contributed by atoms with Gasteiger partial charge in [0.1, 0.15) is 0 Å². The predicted molar refractivity (Wildman–Crippen MR) is 169 cm³/mol. The van der Waals surface area contributed by atoms with Crippen molar-refractivity contribution in [1.29, 1.82) is 0 Å². The first-order valence-electron chi connectivity index (χ1n) is 16.2. The van der Waals surface area contributed by atoms with Gasteiger partial charge in [-0.2, -0.15) is 0 Å². The quantitative estimate of drug-likeness (QED) is 0.326. The van der Waals surface area contributed by atoms with E-state index in [1.807, 2.05) is 11.9 Å². The van der Waals surface area contributed by atoms with Gasteiger partial charge in [-0.3, -0.25) is 30.6 Å². The minimum atomic E-state index is 0.203. The van der Waals surface area contributed by atoms with Gasteiger partial charge in [-0.25, -0.2) is 0 Å². The first-order valence-corrected chi connectivity index (χ1v) is 17.1. The second kappa shape index (κ2) is 13.3. The van der Waals surface area contributed by atoms with Gasteiger partial charge < -0.3 is 5.73 Å². The van der Waals surface area contributed by atoms with Crippen molar-refractivity contribution in [2.75, 3.05) is 19.6 Å². The number of nitrogens with two attached hydrogens (primary N) is 1. The predicted octanol–water partition coefficient (Wildman–Crippen LogP) is 4.90. The van der Waals surface area contributed by atoms with Crippen LogP contribution in [0.4, 0.5) is 0 Å². The fourth-order valence-corrected chi connectivity index (χ4v) is 8.77. The fourth-order valence-electron chi connectivity index (χ4n) is 7.74. The zero-order valence-electron chi connectivity index (χ0n) is 25.8. The zero-order chi connectivity index (χ0) is 28.3. The van der Waals surface area contributed by atoms with Crippen LogP contribution in [0.25, 0.3) is 0 Å². The summed E-state index contributed by atoms with van der Waals surface area (Å²) in [5, 5.41) is 12.6. The van der Waals surface area contributed by atoms with E-state index in [9.17, 15) is 0 Å². The maximum absolute atomic E-state index is 5.74. The van der Waals surface area contributed by atoms with Crippen LogP contribution in [-0.4, -0.2) is 58.8 Å². The minimum Gasteiger partial charge on any atom is -0.330 e. The Hall–Kier alpha value is -0.740. The molecular weight excluding hydrogens is 514 g/mol. The molecule has 4 fully saturated rings. The second-order valence-electron chi connectivity index (χ2n) is 14.8. The normalized spacial score (nSPS) is 37.2. The lowest BCUT2D eigenvalue weighted by molar-refractivity contribution is 0.00552. The van der Waals surface area contributed by atoms with Crippen molar-refractivity contribution in [3.8, 4) is 0 Å². The molecule has 0 spiro atoms. The molecule has 1 aromatic rings. The summed E-state index contributed by atoms with van der Waals surface area (Å²) in [7, 11) is 0. The van der Waals surface area contributed by atoms with Crippen molar-refractivity contribution < 1.29 is 0 Å². The van der Waals surface area contributed by atoms with E-state index in [2.05, 4.69) is 78.5 Å². The summed E-state index contributed by atoms with van der Waals surface area (Å²) in [6, 6.07) is 5.37. The highest BCUT2D eigenvalue weighted by Crippen LogP contribution is 2.42. The van der Waals surface area contributed by atoms with Crippen molar-refractivity contribution in [2.45, 2.75) is 134 Å². The maximum atomic E-state index is 5.74. The van der Waals surface area contributed by atoms with E-state index < -0.39 is 0 Å². The van der Waals surface area contributed by atoms with Gasteiger partial charge in [-0.15, -0.1) is 0 Å². The first-order chi connectivity index (χ1) is 19.1. The Morgan fingerprint density at radius 3 is 2.65 bits per heavy atom. The molecule has 4 aliphatic rings. The molecule has 0 aliphatic carbocycles. The van der Waals surface area contributed by atoms with Crippen molar-refractivity contribution >= 4 is 11.9 Å². The monoisotopic (exact) mass is 571 g/mol. The summed E-state index contributed by atoms with van der Waals surface area (Å²) in [5.74, 6) is 1.33. The Bertz CT molecular complexity index is 932. The van der Waals surface area contributed by atoms with E-state index in [0.29, 0.717) is 35.6 Å². The number of piperidine rings is 2. The van der Waals surface area contributed by atoms with Crippen LogP contribution in [0, 0.1) is 17.3 Å². The van der Waals surface area contributed by atoms with E-state index in [1.165, 1.54) is 62.7 Å². The van der Waals surface area contributed by atoms with E-state index in [4.69, 9.17) is 10.7 Å². The summed E-state index contributed by atoms with van der Waals surface area (Å²) >= 11 is 1.92. The van der Waals surface area contributed by atoms with Crippen LogP contribution in [0.15, 0.2) is 18.3 Å². The molecular formula is C32H57N7S. The number of nitrogens with zero attached hydrogens (tertiary/aromatic N) is 2. The van der Waals surface area contributed by atoms with Crippen LogP contribution in [0.5, 0.6) is 0 Å². The smallest absolute Gasteiger partial charge is 0.0690 e. The van der Waals surface area contributed by atoms with Crippen molar-refractivity contribution in [3.63, 3.8) is 0 Å². The van der Waals surface area contributed by atoms with Gasteiger partial charge in [0.15, 0.2) is 0 Å². The summed E-state index contributed by atoms with van der Waals surface area (Å²) in [4.78, 5) is 7.84. The lowest BCUT2D eigenvalue weighted by Crippen LogP contribution is -2.63. The molecule has 226 valence electrons. The molecule has 8 heteroatoms. The molecule has 6 N–H and O–H groups in total. The van der Waals surface area contributed by atoms with Gasteiger partial charge in [0.05, 0.1) is 29.4 Å². The zero-order valence-corrected chi connectivity index (χ0v) is 26.7. The fraction of sp³-hybridized carbons (Fsp3) is 0.844. The van der Waals surface area contributed by atoms with Gasteiger partial charge in [0.25, 0.3) is 0 Å². The molecule has 1 aromatic heterocycles. The Labute approximate surface area is 248 Å². The number of pyridine rings is 1. The molecule has 4 bridgehead atoms.